The number of hydrogen-bond donors (Lipinski definition) is 1. The van der Waals surface area contributed by atoms with Crippen LogP contribution in [-0.2, 0) is 11.2 Å². The maximum Gasteiger partial charge on any atom is 0.303 e. The Balaban J connectivity index is 2.11. The van der Waals surface area contributed by atoms with Crippen LogP contribution in [0.2, 0.25) is 0 Å². The summed E-state index contributed by atoms with van der Waals surface area (Å²) in [7, 11) is 0. The van der Waals surface area contributed by atoms with Gasteiger partial charge in [-0.05, 0) is 49.1 Å². The predicted molar refractivity (Wildman–Crippen MR) is 79.2 cm³/mol. The van der Waals surface area contributed by atoms with Crippen molar-refractivity contribution in [3.05, 3.63) is 21.9 Å². The normalized spacial score (nSPS) is 19.1. The molecule has 0 spiro atoms. The first kappa shape index (κ1) is 15.0. The van der Waals surface area contributed by atoms with Crippen molar-refractivity contribution in [1.82, 2.24) is 4.90 Å². The first-order valence-electron chi connectivity index (χ1n) is 7.22. The largest absolute Gasteiger partial charge is 0.481 e. The fourth-order valence-corrected chi connectivity index (χ4v) is 3.74. The third-order valence-corrected chi connectivity index (χ3v) is 4.85. The number of carbonyl (C=O) groups is 2. The summed E-state index contributed by atoms with van der Waals surface area (Å²) >= 11 is 1.49. The van der Waals surface area contributed by atoms with Crippen LogP contribution in [0, 0.1) is 0 Å². The van der Waals surface area contributed by atoms with E-state index in [1.165, 1.54) is 11.3 Å². The Morgan fingerprint density at radius 3 is 2.95 bits per heavy atom. The molecule has 5 heteroatoms. The highest BCUT2D eigenvalue weighted by Crippen LogP contribution is 2.26. The van der Waals surface area contributed by atoms with Crippen LogP contribution in [0.5, 0.6) is 0 Å². The van der Waals surface area contributed by atoms with E-state index in [0.29, 0.717) is 6.42 Å². The molecule has 1 aromatic rings. The predicted octanol–water partition coefficient (Wildman–Crippen LogP) is 3.17. The lowest BCUT2D eigenvalue weighted by molar-refractivity contribution is -0.137. The van der Waals surface area contributed by atoms with Crippen molar-refractivity contribution in [3.63, 3.8) is 0 Å². The van der Waals surface area contributed by atoms with Gasteiger partial charge in [-0.3, -0.25) is 9.59 Å². The molecule has 0 aromatic carbocycles. The van der Waals surface area contributed by atoms with E-state index in [9.17, 15) is 9.59 Å². The van der Waals surface area contributed by atoms with Crippen LogP contribution in [0.3, 0.4) is 0 Å². The van der Waals surface area contributed by atoms with E-state index in [1.54, 1.807) is 0 Å². The molecule has 1 aliphatic heterocycles. The number of aryl methyl sites for hydroxylation is 1. The van der Waals surface area contributed by atoms with Crippen LogP contribution < -0.4 is 0 Å². The Hall–Kier alpha value is -1.36. The Kier molecular flexibility index (Phi) is 5.17. The van der Waals surface area contributed by atoms with Gasteiger partial charge in [0, 0.05) is 19.0 Å². The maximum absolute atomic E-state index is 12.7. The summed E-state index contributed by atoms with van der Waals surface area (Å²) in [6.07, 6.45) is 4.58. The van der Waals surface area contributed by atoms with E-state index in [1.807, 2.05) is 16.3 Å². The minimum absolute atomic E-state index is 0.0826. The number of aliphatic carboxylic acids is 1. The van der Waals surface area contributed by atoms with Gasteiger partial charge in [-0.15, -0.1) is 11.3 Å². The molecule has 1 aliphatic rings. The summed E-state index contributed by atoms with van der Waals surface area (Å²) in [4.78, 5) is 26.2. The van der Waals surface area contributed by atoms with Crippen molar-refractivity contribution in [1.29, 1.82) is 0 Å². The average Bonchev–Trinajstić information content (AvgIpc) is 2.93. The second kappa shape index (κ2) is 6.88. The van der Waals surface area contributed by atoms with Crippen LogP contribution in [0.15, 0.2) is 11.4 Å². The third-order valence-electron chi connectivity index (χ3n) is 3.90. The molecule has 20 heavy (non-hydrogen) atoms. The average molecular weight is 295 g/mol. The van der Waals surface area contributed by atoms with Crippen LogP contribution in [0.25, 0.3) is 0 Å². The van der Waals surface area contributed by atoms with Gasteiger partial charge in [0.05, 0.1) is 4.88 Å². The van der Waals surface area contributed by atoms with E-state index < -0.39 is 5.97 Å². The van der Waals surface area contributed by atoms with E-state index in [-0.39, 0.29) is 18.4 Å². The molecule has 0 aliphatic carbocycles. The number of nitrogens with zero attached hydrogens (tertiary/aromatic N) is 1. The molecular formula is C15H21NO3S. The lowest BCUT2D eigenvalue weighted by atomic mass is 9.97. The standard InChI is InChI=1S/C15H21NO3S/c1-2-11-8-10-20-14(11)15(19)16-9-4-3-5-12(16)6-7-13(17)18/h8,10,12H,2-7,9H2,1H3,(H,17,18). The van der Waals surface area contributed by atoms with E-state index in [2.05, 4.69) is 6.92 Å². The Bertz CT molecular complexity index is 483. The molecule has 1 amide bonds. The summed E-state index contributed by atoms with van der Waals surface area (Å²) in [5.41, 5.74) is 1.10. The molecule has 0 saturated carbocycles. The van der Waals surface area contributed by atoms with Crippen molar-refractivity contribution in [2.75, 3.05) is 6.54 Å². The lowest BCUT2D eigenvalue weighted by Crippen LogP contribution is -2.43. The molecule has 0 bridgehead atoms. The van der Waals surface area contributed by atoms with E-state index in [4.69, 9.17) is 5.11 Å². The summed E-state index contributed by atoms with van der Waals surface area (Å²) in [5.74, 6) is -0.694. The highest BCUT2D eigenvalue weighted by molar-refractivity contribution is 7.12. The van der Waals surface area contributed by atoms with Crippen molar-refractivity contribution >= 4 is 23.2 Å². The van der Waals surface area contributed by atoms with Crippen LogP contribution in [0.4, 0.5) is 0 Å². The first-order chi connectivity index (χ1) is 9.63. The zero-order valence-electron chi connectivity index (χ0n) is 11.8. The number of likely N-dealkylation sites (tertiary alicyclic amines) is 1. The molecule has 1 unspecified atom stereocenters. The smallest absolute Gasteiger partial charge is 0.303 e. The molecule has 1 saturated heterocycles. The zero-order chi connectivity index (χ0) is 14.5. The number of thiophene rings is 1. The second-order valence-electron chi connectivity index (χ2n) is 5.21. The molecule has 110 valence electrons. The molecule has 1 atom stereocenters. The van der Waals surface area contributed by atoms with Gasteiger partial charge < -0.3 is 10.0 Å². The highest BCUT2D eigenvalue weighted by Gasteiger charge is 2.29. The SMILES string of the molecule is CCc1ccsc1C(=O)N1CCCCC1CCC(=O)O. The van der Waals surface area contributed by atoms with Gasteiger partial charge in [0.15, 0.2) is 0 Å². The van der Waals surface area contributed by atoms with Gasteiger partial charge in [-0.25, -0.2) is 0 Å². The minimum Gasteiger partial charge on any atom is -0.481 e. The van der Waals surface area contributed by atoms with Gasteiger partial charge >= 0.3 is 5.97 Å². The van der Waals surface area contributed by atoms with Gasteiger partial charge in [0.1, 0.15) is 0 Å². The van der Waals surface area contributed by atoms with Crippen LogP contribution in [-0.4, -0.2) is 34.5 Å². The summed E-state index contributed by atoms with van der Waals surface area (Å²) in [5, 5.41) is 10.8. The molecular weight excluding hydrogens is 274 g/mol. The first-order valence-corrected chi connectivity index (χ1v) is 8.10. The number of carboxylic acids is 1. The summed E-state index contributed by atoms with van der Waals surface area (Å²) in [6.45, 7) is 2.81. The molecule has 2 heterocycles. The number of amides is 1. The number of rotatable bonds is 5. The monoisotopic (exact) mass is 295 g/mol. The van der Waals surface area contributed by atoms with Gasteiger partial charge in [-0.2, -0.15) is 0 Å². The van der Waals surface area contributed by atoms with Crippen LogP contribution >= 0.6 is 11.3 Å². The maximum atomic E-state index is 12.7. The fraction of sp³-hybridized carbons (Fsp3) is 0.600. The number of hydrogen-bond acceptors (Lipinski definition) is 3. The number of carbonyl (C=O) groups excluding carboxylic acids is 1. The van der Waals surface area contributed by atoms with Gasteiger partial charge in [0.2, 0.25) is 0 Å². The summed E-state index contributed by atoms with van der Waals surface area (Å²) < 4.78 is 0. The van der Waals surface area contributed by atoms with E-state index >= 15 is 0 Å². The van der Waals surface area contributed by atoms with Crippen molar-refractivity contribution in [2.24, 2.45) is 0 Å². The molecule has 0 radical (unpaired) electrons. The Labute approximate surface area is 123 Å². The quantitative estimate of drug-likeness (QED) is 0.907. The molecule has 1 fully saturated rings. The molecule has 1 aromatic heterocycles. The van der Waals surface area contributed by atoms with Crippen molar-refractivity contribution in [3.8, 4) is 0 Å². The Morgan fingerprint density at radius 2 is 2.25 bits per heavy atom. The van der Waals surface area contributed by atoms with Crippen LogP contribution in [0.1, 0.15) is 54.3 Å². The van der Waals surface area contributed by atoms with Crippen molar-refractivity contribution in [2.45, 2.75) is 51.5 Å². The fourth-order valence-electron chi connectivity index (χ4n) is 2.79. The van der Waals surface area contributed by atoms with Crippen molar-refractivity contribution < 1.29 is 14.7 Å². The van der Waals surface area contributed by atoms with E-state index in [0.717, 1.165) is 42.7 Å². The molecule has 2 rings (SSSR count). The second-order valence-corrected chi connectivity index (χ2v) is 6.13. The lowest BCUT2D eigenvalue weighted by Gasteiger charge is -2.35. The Morgan fingerprint density at radius 1 is 1.45 bits per heavy atom. The highest BCUT2D eigenvalue weighted by atomic mass is 32.1. The topological polar surface area (TPSA) is 57.6 Å². The number of carboxylic acid groups (broad SMARTS) is 1. The summed E-state index contributed by atoms with van der Waals surface area (Å²) in [6, 6.07) is 2.09. The van der Waals surface area contributed by atoms with Gasteiger partial charge in [0.25, 0.3) is 5.91 Å². The van der Waals surface area contributed by atoms with Gasteiger partial charge in [-0.1, -0.05) is 6.92 Å². The third kappa shape index (κ3) is 3.39. The zero-order valence-corrected chi connectivity index (χ0v) is 12.6. The minimum atomic E-state index is -0.784. The molecule has 1 N–H and O–H groups in total. The number of piperidine rings is 1. The molecule has 4 nitrogen and oxygen atoms in total.